The van der Waals surface area contributed by atoms with Crippen molar-refractivity contribution in [3.05, 3.63) is 94.1 Å². The van der Waals surface area contributed by atoms with Crippen molar-refractivity contribution < 1.29 is 14.6 Å². The highest BCUT2D eigenvalue weighted by molar-refractivity contribution is 9.10. The molecule has 0 radical (unpaired) electrons. The molecule has 2 aromatic carbocycles. The Labute approximate surface area is 191 Å². The minimum absolute atomic E-state index is 0.266. The maximum atomic E-state index is 12.4. The number of hydrogen-bond acceptors (Lipinski definition) is 3. The van der Waals surface area contributed by atoms with E-state index >= 15 is 0 Å². The SMILES string of the molecule is CC(C)(C)C(c1ccccc1)N(C(=O)O)c1ccc(Br)c(COCc2ccccc2)n1. The monoisotopic (exact) mass is 482 g/mol. The number of carbonyl (C=O) groups is 1. The van der Waals surface area contributed by atoms with Crippen molar-refractivity contribution in [3.63, 3.8) is 0 Å². The number of pyridine rings is 1. The number of aromatic nitrogens is 1. The van der Waals surface area contributed by atoms with Crippen LogP contribution in [0.5, 0.6) is 0 Å². The third-order valence-electron chi connectivity index (χ3n) is 4.90. The van der Waals surface area contributed by atoms with Crippen molar-refractivity contribution >= 4 is 27.8 Å². The zero-order valence-corrected chi connectivity index (χ0v) is 19.5. The Hall–Kier alpha value is -2.70. The summed E-state index contributed by atoms with van der Waals surface area (Å²) < 4.78 is 6.62. The Bertz CT molecular complexity index is 1000. The average molecular weight is 483 g/mol. The van der Waals surface area contributed by atoms with Gasteiger partial charge < -0.3 is 9.84 Å². The number of rotatable bonds is 7. The highest BCUT2D eigenvalue weighted by Crippen LogP contribution is 2.40. The minimum atomic E-state index is -1.05. The number of amides is 1. The third-order valence-corrected chi connectivity index (χ3v) is 5.62. The molecule has 0 bridgehead atoms. The highest BCUT2D eigenvalue weighted by Gasteiger charge is 2.36. The fourth-order valence-corrected chi connectivity index (χ4v) is 3.90. The quantitative estimate of drug-likeness (QED) is 0.400. The molecule has 0 aliphatic carbocycles. The van der Waals surface area contributed by atoms with E-state index in [2.05, 4.69) is 20.9 Å². The van der Waals surface area contributed by atoms with Gasteiger partial charge in [-0.15, -0.1) is 0 Å². The number of hydrogen-bond donors (Lipinski definition) is 1. The van der Waals surface area contributed by atoms with E-state index < -0.39 is 12.1 Å². The van der Waals surface area contributed by atoms with Crippen molar-refractivity contribution in [1.29, 1.82) is 0 Å². The van der Waals surface area contributed by atoms with Gasteiger partial charge in [-0.2, -0.15) is 0 Å². The van der Waals surface area contributed by atoms with Crippen LogP contribution in [0.25, 0.3) is 0 Å². The molecular weight excluding hydrogens is 456 g/mol. The molecule has 1 N–H and O–H groups in total. The van der Waals surface area contributed by atoms with Crippen LogP contribution in [0.4, 0.5) is 10.6 Å². The van der Waals surface area contributed by atoms with Gasteiger partial charge in [0.1, 0.15) is 5.82 Å². The number of carboxylic acid groups (broad SMARTS) is 1. The Morgan fingerprint density at radius 3 is 2.19 bits per heavy atom. The first kappa shape index (κ1) is 23.0. The van der Waals surface area contributed by atoms with Gasteiger partial charge in [-0.1, -0.05) is 81.4 Å². The normalized spacial score (nSPS) is 12.4. The first-order valence-electron chi connectivity index (χ1n) is 10.1. The molecule has 1 unspecified atom stereocenters. The van der Waals surface area contributed by atoms with Crippen molar-refractivity contribution in [2.45, 2.75) is 40.0 Å². The lowest BCUT2D eigenvalue weighted by Crippen LogP contribution is -2.41. The molecule has 0 aliphatic heterocycles. The van der Waals surface area contributed by atoms with E-state index in [0.717, 1.165) is 15.6 Å². The van der Waals surface area contributed by atoms with Gasteiger partial charge in [0.2, 0.25) is 0 Å². The first-order valence-corrected chi connectivity index (χ1v) is 10.9. The molecule has 5 nitrogen and oxygen atoms in total. The summed E-state index contributed by atoms with van der Waals surface area (Å²) in [6, 6.07) is 22.7. The lowest BCUT2D eigenvalue weighted by molar-refractivity contribution is 0.104. The molecule has 0 spiro atoms. The maximum Gasteiger partial charge on any atom is 0.413 e. The number of ether oxygens (including phenoxy) is 1. The minimum Gasteiger partial charge on any atom is -0.465 e. The summed E-state index contributed by atoms with van der Waals surface area (Å²) in [4.78, 5) is 18.4. The van der Waals surface area contributed by atoms with Crippen molar-refractivity contribution in [2.75, 3.05) is 4.90 Å². The van der Waals surface area contributed by atoms with Gasteiger partial charge in [0.05, 0.1) is 24.9 Å². The number of benzene rings is 2. The molecule has 1 heterocycles. The van der Waals surface area contributed by atoms with Crippen LogP contribution in [0.1, 0.15) is 43.6 Å². The van der Waals surface area contributed by atoms with Crippen LogP contribution < -0.4 is 4.90 Å². The molecule has 1 atom stereocenters. The molecule has 1 amide bonds. The van der Waals surface area contributed by atoms with Crippen LogP contribution in [0, 0.1) is 5.41 Å². The Morgan fingerprint density at radius 1 is 1.00 bits per heavy atom. The molecule has 3 aromatic rings. The van der Waals surface area contributed by atoms with Gasteiger partial charge >= 0.3 is 6.09 Å². The molecule has 6 heteroatoms. The Kier molecular flexibility index (Phi) is 7.46. The fourth-order valence-electron chi connectivity index (χ4n) is 3.56. The van der Waals surface area contributed by atoms with Gasteiger partial charge in [0.25, 0.3) is 0 Å². The Balaban J connectivity index is 1.90. The van der Waals surface area contributed by atoms with Crippen LogP contribution >= 0.6 is 15.9 Å². The van der Waals surface area contributed by atoms with E-state index in [1.165, 1.54) is 4.90 Å². The van der Waals surface area contributed by atoms with Crippen LogP contribution in [-0.4, -0.2) is 16.2 Å². The zero-order valence-electron chi connectivity index (χ0n) is 18.0. The summed E-state index contributed by atoms with van der Waals surface area (Å²) in [6.45, 7) is 6.81. The Morgan fingerprint density at radius 2 is 1.61 bits per heavy atom. The predicted octanol–water partition coefficient (Wildman–Crippen LogP) is 6.83. The summed E-state index contributed by atoms with van der Waals surface area (Å²) in [5, 5.41) is 10.1. The van der Waals surface area contributed by atoms with E-state index in [-0.39, 0.29) is 12.0 Å². The van der Waals surface area contributed by atoms with Gasteiger partial charge in [-0.3, -0.25) is 4.90 Å². The molecule has 0 aliphatic rings. The molecular formula is C25H27BrN2O3. The lowest BCUT2D eigenvalue weighted by Gasteiger charge is -2.38. The van der Waals surface area contributed by atoms with Gasteiger partial charge in [-0.25, -0.2) is 9.78 Å². The largest absolute Gasteiger partial charge is 0.465 e. The van der Waals surface area contributed by atoms with Gasteiger partial charge in [-0.05, 0) is 44.6 Å². The van der Waals surface area contributed by atoms with Crippen molar-refractivity contribution in [2.24, 2.45) is 5.41 Å². The molecule has 0 fully saturated rings. The summed E-state index contributed by atoms with van der Waals surface area (Å²) in [7, 11) is 0. The van der Waals surface area contributed by atoms with Crippen LogP contribution in [0.3, 0.4) is 0 Å². The molecule has 1 aromatic heterocycles. The van der Waals surface area contributed by atoms with Crippen LogP contribution in [-0.2, 0) is 18.0 Å². The second-order valence-corrected chi connectivity index (χ2v) is 9.26. The molecule has 162 valence electrons. The van der Waals surface area contributed by atoms with Crippen molar-refractivity contribution in [3.8, 4) is 0 Å². The maximum absolute atomic E-state index is 12.4. The number of nitrogens with zero attached hydrogens (tertiary/aromatic N) is 2. The average Bonchev–Trinajstić information content (AvgIpc) is 2.74. The lowest BCUT2D eigenvalue weighted by atomic mass is 9.81. The smallest absolute Gasteiger partial charge is 0.413 e. The molecule has 31 heavy (non-hydrogen) atoms. The van der Waals surface area contributed by atoms with Gasteiger partial charge in [0.15, 0.2) is 0 Å². The van der Waals surface area contributed by atoms with Crippen LogP contribution in [0.15, 0.2) is 77.3 Å². The van der Waals surface area contributed by atoms with E-state index in [9.17, 15) is 9.90 Å². The summed E-state index contributed by atoms with van der Waals surface area (Å²) in [5.74, 6) is 0.373. The van der Waals surface area contributed by atoms with E-state index in [4.69, 9.17) is 4.74 Å². The number of halogens is 1. The van der Waals surface area contributed by atoms with E-state index in [0.29, 0.717) is 18.1 Å². The van der Waals surface area contributed by atoms with E-state index in [1.807, 2.05) is 87.5 Å². The summed E-state index contributed by atoms with van der Waals surface area (Å²) in [6.07, 6.45) is -1.05. The van der Waals surface area contributed by atoms with Gasteiger partial charge in [0, 0.05) is 4.47 Å². The fraction of sp³-hybridized carbons (Fsp3) is 0.280. The second kappa shape index (κ2) is 10.1. The number of anilines is 1. The summed E-state index contributed by atoms with van der Waals surface area (Å²) >= 11 is 3.52. The molecule has 3 rings (SSSR count). The third kappa shape index (κ3) is 5.93. The topological polar surface area (TPSA) is 62.7 Å². The first-order chi connectivity index (χ1) is 14.8. The van der Waals surface area contributed by atoms with E-state index in [1.54, 1.807) is 6.07 Å². The highest BCUT2D eigenvalue weighted by atomic mass is 79.9. The zero-order chi connectivity index (χ0) is 22.4. The van der Waals surface area contributed by atoms with Crippen molar-refractivity contribution in [1.82, 2.24) is 4.98 Å². The second-order valence-electron chi connectivity index (χ2n) is 8.41. The summed E-state index contributed by atoms with van der Waals surface area (Å²) in [5.41, 5.74) is 2.29. The molecule has 0 saturated heterocycles. The van der Waals surface area contributed by atoms with Crippen LogP contribution in [0.2, 0.25) is 0 Å². The molecule has 0 saturated carbocycles. The standard InChI is InChI=1S/C25H27BrN2O3/c1-25(2,3)23(19-12-8-5-9-13-19)28(24(29)30)22-15-14-20(26)21(27-22)17-31-16-18-10-6-4-7-11-18/h4-15,23H,16-17H2,1-3H3,(H,29,30). The predicted molar refractivity (Wildman–Crippen MR) is 126 cm³/mol.